The van der Waals surface area contributed by atoms with Gasteiger partial charge >= 0.3 is 0 Å². The highest BCUT2D eigenvalue weighted by Gasteiger charge is 2.19. The molecule has 0 saturated carbocycles. The third kappa shape index (κ3) is 1.45. The van der Waals surface area contributed by atoms with Crippen molar-refractivity contribution in [3.05, 3.63) is 28.8 Å². The van der Waals surface area contributed by atoms with Crippen molar-refractivity contribution in [3.63, 3.8) is 0 Å². The fourth-order valence-corrected chi connectivity index (χ4v) is 0.780. The summed E-state index contributed by atoms with van der Waals surface area (Å²) in [6.07, 6.45) is 0. The third-order valence-corrected chi connectivity index (χ3v) is 1.39. The number of hydrogen-bond donors (Lipinski definition) is 0. The first-order chi connectivity index (χ1) is 6.11. The number of aromatic nitrogens is 1. The normalized spacial score (nSPS) is 9.77. The van der Waals surface area contributed by atoms with Crippen LogP contribution in [0, 0.1) is 29.0 Å². The van der Waals surface area contributed by atoms with Crippen LogP contribution in [0.15, 0.2) is 0 Å². The summed E-state index contributed by atoms with van der Waals surface area (Å²) in [5.74, 6) is -4.87. The molecule has 0 atom stereocenters. The molecule has 1 heterocycles. The van der Waals surface area contributed by atoms with Gasteiger partial charge in [0.25, 0.3) is 5.95 Å². The average Bonchev–Trinajstić information content (AvgIpc) is 2.10. The molecule has 68 valence electrons. The van der Waals surface area contributed by atoms with Gasteiger partial charge in [-0.05, 0) is 0 Å². The first-order valence-corrected chi connectivity index (χ1v) is 3.11. The van der Waals surface area contributed by atoms with E-state index >= 15 is 0 Å². The van der Waals surface area contributed by atoms with Crippen LogP contribution in [0.5, 0.6) is 0 Å². The molecule has 6 heteroatoms. The summed E-state index contributed by atoms with van der Waals surface area (Å²) in [4.78, 5) is 2.45. The second-order valence-corrected chi connectivity index (χ2v) is 2.11. The maximum Gasteiger partial charge on any atom is 0.252 e. The van der Waals surface area contributed by atoms with Gasteiger partial charge in [0.1, 0.15) is 18.3 Å². The molecule has 13 heavy (non-hydrogen) atoms. The molecule has 0 aromatic carbocycles. The zero-order chi connectivity index (χ0) is 10.0. The lowest BCUT2D eigenvalue weighted by atomic mass is 10.1. The van der Waals surface area contributed by atoms with Crippen molar-refractivity contribution in [1.29, 1.82) is 5.26 Å². The van der Waals surface area contributed by atoms with Crippen molar-refractivity contribution >= 4 is 0 Å². The van der Waals surface area contributed by atoms with Gasteiger partial charge in [-0.15, -0.1) is 0 Å². The number of nitrogens with zero attached hydrogens (tertiary/aromatic N) is 2. The highest BCUT2D eigenvalue weighted by molar-refractivity contribution is 5.37. The number of nitriles is 1. The van der Waals surface area contributed by atoms with Gasteiger partial charge in [-0.3, -0.25) is 0 Å². The summed E-state index contributed by atoms with van der Waals surface area (Å²) in [6.45, 7) is -1.40. The fourth-order valence-electron chi connectivity index (χ4n) is 0.780. The van der Waals surface area contributed by atoms with E-state index in [1.807, 2.05) is 0 Å². The summed E-state index contributed by atoms with van der Waals surface area (Å²) in [5.41, 5.74) is -1.84. The molecule has 0 aliphatic heterocycles. The second-order valence-electron chi connectivity index (χ2n) is 2.11. The molecular formula is C7H2F4N2. The molecule has 0 aliphatic carbocycles. The fraction of sp³-hybridized carbons (Fsp3) is 0.143. The largest absolute Gasteiger partial charge is 0.252 e. The lowest BCUT2D eigenvalue weighted by Gasteiger charge is -2.01. The molecule has 0 saturated heterocycles. The first-order valence-electron chi connectivity index (χ1n) is 3.11. The van der Waals surface area contributed by atoms with Gasteiger partial charge in [-0.1, -0.05) is 0 Å². The van der Waals surface area contributed by atoms with Gasteiger partial charge in [-0.25, -0.2) is 8.78 Å². The van der Waals surface area contributed by atoms with Crippen molar-refractivity contribution in [3.8, 4) is 6.07 Å². The molecule has 0 amide bonds. The molecule has 0 radical (unpaired) electrons. The van der Waals surface area contributed by atoms with Crippen molar-refractivity contribution in [1.82, 2.24) is 4.98 Å². The zero-order valence-electron chi connectivity index (χ0n) is 6.11. The highest BCUT2D eigenvalue weighted by atomic mass is 19.2. The summed E-state index contributed by atoms with van der Waals surface area (Å²) in [5, 5.41) is 8.26. The van der Waals surface area contributed by atoms with E-state index in [0.29, 0.717) is 0 Å². The number of rotatable bonds is 1. The summed E-state index contributed by atoms with van der Waals surface area (Å²) in [6, 6.07) is 1.16. The Morgan fingerprint density at radius 3 is 2.31 bits per heavy atom. The molecule has 0 fully saturated rings. The number of halogens is 4. The summed E-state index contributed by atoms with van der Waals surface area (Å²) < 4.78 is 49.6. The minimum Gasteiger partial charge on any atom is -0.246 e. The molecule has 1 aromatic heterocycles. The van der Waals surface area contributed by atoms with Crippen LogP contribution in [0.2, 0.25) is 0 Å². The molecule has 0 aliphatic rings. The van der Waals surface area contributed by atoms with E-state index in [9.17, 15) is 17.6 Å². The smallest absolute Gasteiger partial charge is 0.246 e. The van der Waals surface area contributed by atoms with E-state index in [0.717, 1.165) is 6.07 Å². The molecule has 2 nitrogen and oxygen atoms in total. The molecule has 1 rings (SSSR count). The molecule has 0 N–H and O–H groups in total. The van der Waals surface area contributed by atoms with Crippen molar-refractivity contribution in [2.24, 2.45) is 0 Å². The standard InChI is InChI=1S/C7H2F4N2/c8-1-3-4(2-12)5(9)7(11)13-6(3)10/h1H2. The Morgan fingerprint density at radius 1 is 1.23 bits per heavy atom. The van der Waals surface area contributed by atoms with Gasteiger partial charge in [0.2, 0.25) is 5.95 Å². The Hall–Kier alpha value is -1.64. The van der Waals surface area contributed by atoms with Crippen LogP contribution >= 0.6 is 0 Å². The van der Waals surface area contributed by atoms with Gasteiger partial charge in [0.15, 0.2) is 5.82 Å². The highest BCUT2D eigenvalue weighted by Crippen LogP contribution is 2.17. The van der Waals surface area contributed by atoms with Crippen molar-refractivity contribution < 1.29 is 17.6 Å². The van der Waals surface area contributed by atoms with Crippen LogP contribution < -0.4 is 0 Å². The van der Waals surface area contributed by atoms with E-state index < -0.39 is 35.5 Å². The van der Waals surface area contributed by atoms with Crippen LogP contribution in [0.3, 0.4) is 0 Å². The first kappa shape index (κ1) is 9.45. The lowest BCUT2D eigenvalue weighted by molar-refractivity contribution is 0.411. The van der Waals surface area contributed by atoms with Crippen molar-refractivity contribution in [2.45, 2.75) is 6.67 Å². The number of alkyl halides is 1. The SMILES string of the molecule is N#Cc1c(F)c(F)nc(F)c1CF. The molecule has 0 spiro atoms. The van der Waals surface area contributed by atoms with Gasteiger partial charge in [-0.2, -0.15) is 19.0 Å². The van der Waals surface area contributed by atoms with E-state index in [-0.39, 0.29) is 0 Å². The zero-order valence-corrected chi connectivity index (χ0v) is 6.11. The Morgan fingerprint density at radius 2 is 1.85 bits per heavy atom. The second kappa shape index (κ2) is 3.39. The quantitative estimate of drug-likeness (QED) is 0.500. The van der Waals surface area contributed by atoms with Gasteiger partial charge < -0.3 is 0 Å². The molecule has 0 bridgehead atoms. The Kier molecular flexibility index (Phi) is 2.46. The predicted molar refractivity (Wildman–Crippen MR) is 33.6 cm³/mol. The topological polar surface area (TPSA) is 36.7 Å². The number of pyridine rings is 1. The Balaban J connectivity index is 3.53. The number of hydrogen-bond acceptors (Lipinski definition) is 2. The van der Waals surface area contributed by atoms with Crippen LogP contribution in [0.1, 0.15) is 11.1 Å². The van der Waals surface area contributed by atoms with Crippen LogP contribution in [-0.4, -0.2) is 4.98 Å². The minimum atomic E-state index is -1.74. The van der Waals surface area contributed by atoms with E-state index in [2.05, 4.69) is 4.98 Å². The van der Waals surface area contributed by atoms with Crippen LogP contribution in [-0.2, 0) is 6.67 Å². The Labute approximate surface area is 70.4 Å². The summed E-state index contributed by atoms with van der Waals surface area (Å²) in [7, 11) is 0. The van der Waals surface area contributed by atoms with Crippen LogP contribution in [0.25, 0.3) is 0 Å². The van der Waals surface area contributed by atoms with E-state index in [1.165, 1.54) is 0 Å². The van der Waals surface area contributed by atoms with Crippen molar-refractivity contribution in [2.75, 3.05) is 0 Å². The Bertz CT molecular complexity index is 383. The van der Waals surface area contributed by atoms with E-state index in [1.54, 1.807) is 0 Å². The maximum absolute atomic E-state index is 12.6. The van der Waals surface area contributed by atoms with Gasteiger partial charge in [0.05, 0.1) is 5.56 Å². The van der Waals surface area contributed by atoms with Gasteiger partial charge in [0, 0.05) is 0 Å². The van der Waals surface area contributed by atoms with E-state index in [4.69, 9.17) is 5.26 Å². The van der Waals surface area contributed by atoms with Crippen LogP contribution in [0.4, 0.5) is 17.6 Å². The monoisotopic (exact) mass is 190 g/mol. The minimum absolute atomic E-state index is 0.860. The molecular weight excluding hydrogens is 188 g/mol. The molecule has 1 aromatic rings. The predicted octanol–water partition coefficient (Wildman–Crippen LogP) is 1.84. The summed E-state index contributed by atoms with van der Waals surface area (Å²) >= 11 is 0. The lowest BCUT2D eigenvalue weighted by Crippen LogP contribution is -2.04. The maximum atomic E-state index is 12.6. The average molecular weight is 190 g/mol. The third-order valence-electron chi connectivity index (χ3n) is 1.39. The molecule has 0 unspecified atom stereocenters.